The summed E-state index contributed by atoms with van der Waals surface area (Å²) in [6, 6.07) is 13.6. The first-order chi connectivity index (χ1) is 15.4. The predicted molar refractivity (Wildman–Crippen MR) is 132 cm³/mol. The first-order valence-corrected chi connectivity index (χ1v) is 11.6. The Balaban J connectivity index is 1.62. The van der Waals surface area contributed by atoms with Gasteiger partial charge in [0.2, 0.25) is 0 Å². The van der Waals surface area contributed by atoms with E-state index in [1.165, 1.54) is 33.4 Å². The van der Waals surface area contributed by atoms with Gasteiger partial charge in [0.1, 0.15) is 5.82 Å². The Bertz CT molecular complexity index is 1340. The number of aryl methyl sites for hydroxylation is 4. The number of aromatic nitrogens is 4. The van der Waals surface area contributed by atoms with Gasteiger partial charge >= 0.3 is 0 Å². The minimum atomic E-state index is 0.554. The number of imidazole rings is 1. The van der Waals surface area contributed by atoms with Crippen molar-refractivity contribution in [1.29, 1.82) is 0 Å². The molecule has 1 unspecified atom stereocenters. The molecule has 5 rings (SSSR count). The quantitative estimate of drug-likeness (QED) is 0.393. The molecule has 0 saturated carbocycles. The van der Waals surface area contributed by atoms with Gasteiger partial charge in [0.15, 0.2) is 5.65 Å². The number of pyridine rings is 2. The van der Waals surface area contributed by atoms with E-state index in [1.807, 2.05) is 13.1 Å². The summed E-state index contributed by atoms with van der Waals surface area (Å²) in [7, 11) is 0. The highest BCUT2D eigenvalue weighted by molar-refractivity contribution is 5.93. The zero-order valence-electron chi connectivity index (χ0n) is 19.6. The van der Waals surface area contributed by atoms with Crippen molar-refractivity contribution in [3.63, 3.8) is 0 Å². The second kappa shape index (κ2) is 8.01. The molecule has 0 bridgehead atoms. The minimum Gasteiger partial charge on any atom is -0.341 e. The zero-order chi connectivity index (χ0) is 22.4. The van der Waals surface area contributed by atoms with Gasteiger partial charge in [0, 0.05) is 23.1 Å². The fourth-order valence-corrected chi connectivity index (χ4v) is 5.30. The topological polar surface area (TPSA) is 54.5 Å². The van der Waals surface area contributed by atoms with Crippen LogP contribution in [0.15, 0.2) is 42.6 Å². The van der Waals surface area contributed by atoms with Crippen LogP contribution in [0.3, 0.4) is 0 Å². The predicted octanol–water partition coefficient (Wildman–Crippen LogP) is 6.85. The fraction of sp³-hybridized carbons (Fsp3) is 0.321. The van der Waals surface area contributed by atoms with Gasteiger partial charge in [-0.2, -0.15) is 0 Å². The van der Waals surface area contributed by atoms with E-state index in [2.05, 4.69) is 84.0 Å². The van der Waals surface area contributed by atoms with E-state index in [9.17, 15) is 0 Å². The van der Waals surface area contributed by atoms with Gasteiger partial charge in [0.05, 0.1) is 5.52 Å². The van der Waals surface area contributed by atoms with Crippen molar-refractivity contribution in [2.45, 2.75) is 53.9 Å². The number of fused-ring (bicyclic) bond motifs is 2. The van der Waals surface area contributed by atoms with Crippen LogP contribution in [0.1, 0.15) is 60.6 Å². The monoisotopic (exact) mass is 422 g/mol. The maximum Gasteiger partial charge on any atom is 0.177 e. The van der Waals surface area contributed by atoms with Crippen molar-refractivity contribution in [3.8, 4) is 11.1 Å². The molecule has 3 aromatic heterocycles. The SMILES string of the molecule is CCC1CCc2cc(-c3cnc4nc(C)[nH]c4c3)ccc2C(C)=C1c1cc(C)nc(C)c1. The van der Waals surface area contributed by atoms with Crippen molar-refractivity contribution in [1.82, 2.24) is 19.9 Å². The fourth-order valence-electron chi connectivity index (χ4n) is 5.30. The van der Waals surface area contributed by atoms with E-state index in [0.29, 0.717) is 5.92 Å². The van der Waals surface area contributed by atoms with Gasteiger partial charge in [-0.05, 0) is 104 Å². The van der Waals surface area contributed by atoms with Gasteiger partial charge in [0.25, 0.3) is 0 Å². The van der Waals surface area contributed by atoms with E-state index in [0.717, 1.165) is 53.2 Å². The highest BCUT2D eigenvalue weighted by atomic mass is 15.0. The lowest BCUT2D eigenvalue weighted by atomic mass is 9.84. The number of nitrogens with one attached hydrogen (secondary N) is 1. The van der Waals surface area contributed by atoms with Crippen LogP contribution in [0.5, 0.6) is 0 Å². The third kappa shape index (κ3) is 3.64. The van der Waals surface area contributed by atoms with Crippen molar-refractivity contribution in [3.05, 3.63) is 76.5 Å². The Hall–Kier alpha value is -3.27. The molecule has 1 aromatic carbocycles. The van der Waals surface area contributed by atoms with Crippen molar-refractivity contribution in [2.75, 3.05) is 0 Å². The Morgan fingerprint density at radius 2 is 1.69 bits per heavy atom. The summed E-state index contributed by atoms with van der Waals surface area (Å²) in [4.78, 5) is 16.9. The summed E-state index contributed by atoms with van der Waals surface area (Å²) in [5.74, 6) is 1.45. The lowest BCUT2D eigenvalue weighted by Crippen LogP contribution is -2.05. The second-order valence-corrected chi connectivity index (χ2v) is 9.11. The Kier molecular flexibility index (Phi) is 5.16. The molecule has 32 heavy (non-hydrogen) atoms. The minimum absolute atomic E-state index is 0.554. The van der Waals surface area contributed by atoms with Gasteiger partial charge in [-0.1, -0.05) is 25.1 Å². The van der Waals surface area contributed by atoms with Crippen LogP contribution in [0, 0.1) is 26.7 Å². The molecule has 4 heteroatoms. The number of aromatic amines is 1. The van der Waals surface area contributed by atoms with E-state index in [-0.39, 0.29) is 0 Å². The summed E-state index contributed by atoms with van der Waals surface area (Å²) in [6.45, 7) is 10.8. The third-order valence-electron chi connectivity index (χ3n) is 6.76. The molecule has 3 heterocycles. The van der Waals surface area contributed by atoms with Crippen molar-refractivity contribution >= 4 is 22.3 Å². The zero-order valence-corrected chi connectivity index (χ0v) is 19.6. The smallest absolute Gasteiger partial charge is 0.177 e. The number of benzene rings is 1. The number of H-pyrrole nitrogens is 1. The molecule has 1 atom stereocenters. The molecule has 0 radical (unpaired) electrons. The number of nitrogens with zero attached hydrogens (tertiary/aromatic N) is 3. The number of hydrogen-bond acceptors (Lipinski definition) is 3. The summed E-state index contributed by atoms with van der Waals surface area (Å²) in [5, 5.41) is 0. The standard InChI is InChI=1S/C28H30N4/c1-6-20-7-8-22-13-21(24-14-26-28(29-15-24)32-19(5)31-26)9-10-25(22)18(4)27(20)23-11-16(2)30-17(3)12-23/h9-15,20H,6-8H2,1-5H3,(H,29,31,32). The van der Waals surface area contributed by atoms with Gasteiger partial charge in [-0.3, -0.25) is 4.98 Å². The van der Waals surface area contributed by atoms with Crippen molar-refractivity contribution < 1.29 is 0 Å². The first-order valence-electron chi connectivity index (χ1n) is 11.6. The normalized spacial score (nSPS) is 16.3. The van der Waals surface area contributed by atoms with Crippen LogP contribution >= 0.6 is 0 Å². The molecule has 0 aliphatic heterocycles. The number of hydrogen-bond donors (Lipinski definition) is 1. The van der Waals surface area contributed by atoms with Crippen LogP contribution in [0.4, 0.5) is 0 Å². The van der Waals surface area contributed by atoms with Crippen LogP contribution in [-0.4, -0.2) is 19.9 Å². The molecule has 0 saturated heterocycles. The largest absolute Gasteiger partial charge is 0.341 e. The molecule has 1 N–H and O–H groups in total. The summed E-state index contributed by atoms with van der Waals surface area (Å²) < 4.78 is 0. The van der Waals surface area contributed by atoms with E-state index < -0.39 is 0 Å². The van der Waals surface area contributed by atoms with Gasteiger partial charge in [-0.15, -0.1) is 0 Å². The van der Waals surface area contributed by atoms with Crippen molar-refractivity contribution in [2.24, 2.45) is 5.92 Å². The van der Waals surface area contributed by atoms with Gasteiger partial charge < -0.3 is 4.98 Å². The molecular weight excluding hydrogens is 392 g/mol. The summed E-state index contributed by atoms with van der Waals surface area (Å²) in [5.41, 5.74) is 13.3. The lowest BCUT2D eigenvalue weighted by Gasteiger charge is -2.20. The highest BCUT2D eigenvalue weighted by Crippen LogP contribution is 2.41. The Morgan fingerprint density at radius 1 is 0.906 bits per heavy atom. The molecule has 0 spiro atoms. The second-order valence-electron chi connectivity index (χ2n) is 9.11. The van der Waals surface area contributed by atoms with Gasteiger partial charge in [-0.25, -0.2) is 9.97 Å². The maximum atomic E-state index is 4.61. The molecule has 0 fully saturated rings. The Morgan fingerprint density at radius 3 is 2.44 bits per heavy atom. The molecule has 4 aromatic rings. The molecule has 1 aliphatic carbocycles. The lowest BCUT2D eigenvalue weighted by molar-refractivity contribution is 0.592. The molecular formula is C28H30N4. The average Bonchev–Trinajstić information content (AvgIpc) is 3.07. The Labute approximate surface area is 189 Å². The van der Waals surface area contributed by atoms with Crippen LogP contribution < -0.4 is 0 Å². The molecule has 0 amide bonds. The molecule has 162 valence electrons. The van der Waals surface area contributed by atoms with E-state index in [1.54, 1.807) is 0 Å². The van der Waals surface area contributed by atoms with Crippen LogP contribution in [0.25, 0.3) is 33.4 Å². The number of allylic oxidation sites excluding steroid dienone is 2. The molecule has 1 aliphatic rings. The van der Waals surface area contributed by atoms with Crippen LogP contribution in [0.2, 0.25) is 0 Å². The highest BCUT2D eigenvalue weighted by Gasteiger charge is 2.24. The van der Waals surface area contributed by atoms with E-state index >= 15 is 0 Å². The number of rotatable bonds is 3. The third-order valence-corrected chi connectivity index (χ3v) is 6.76. The average molecular weight is 423 g/mol. The maximum absolute atomic E-state index is 4.61. The first kappa shape index (κ1) is 20.6. The summed E-state index contributed by atoms with van der Waals surface area (Å²) in [6.07, 6.45) is 5.34. The summed E-state index contributed by atoms with van der Waals surface area (Å²) >= 11 is 0. The van der Waals surface area contributed by atoms with E-state index in [4.69, 9.17) is 0 Å². The van der Waals surface area contributed by atoms with Crippen LogP contribution in [-0.2, 0) is 6.42 Å². The molecule has 4 nitrogen and oxygen atoms in total.